The summed E-state index contributed by atoms with van der Waals surface area (Å²) >= 11 is 0. The quantitative estimate of drug-likeness (QED) is 0.564. The Labute approximate surface area is 128 Å². The number of nitro benzene ring substituents is 1. The van der Waals surface area contributed by atoms with Gasteiger partial charge < -0.3 is 0 Å². The standard InChI is InChI=1S/C13H16N4O4S/c1-15(9-10-16-8-4-7-14-16)22(20,21)11-12-5-2-3-6-13(12)17(18)19/h2-8H,9-11H2,1H3. The molecule has 0 N–H and O–H groups in total. The molecule has 0 saturated carbocycles. The zero-order chi connectivity index (χ0) is 16.2. The minimum atomic E-state index is -3.63. The van der Waals surface area contributed by atoms with Crippen LogP contribution in [0.25, 0.3) is 0 Å². The molecule has 0 unspecified atom stereocenters. The van der Waals surface area contributed by atoms with Gasteiger partial charge in [0.2, 0.25) is 10.0 Å². The molecule has 2 rings (SSSR count). The number of hydrogen-bond donors (Lipinski definition) is 0. The van der Waals surface area contributed by atoms with E-state index in [1.807, 2.05) is 0 Å². The van der Waals surface area contributed by atoms with Crippen molar-refractivity contribution in [2.45, 2.75) is 12.3 Å². The van der Waals surface area contributed by atoms with Crippen molar-refractivity contribution in [3.8, 4) is 0 Å². The maximum Gasteiger partial charge on any atom is 0.273 e. The van der Waals surface area contributed by atoms with Crippen molar-refractivity contribution in [1.82, 2.24) is 14.1 Å². The summed E-state index contributed by atoms with van der Waals surface area (Å²) in [6.07, 6.45) is 3.35. The lowest BCUT2D eigenvalue weighted by atomic mass is 10.2. The first-order valence-corrected chi connectivity index (χ1v) is 8.15. The van der Waals surface area contributed by atoms with E-state index >= 15 is 0 Å². The molecule has 0 amide bonds. The maximum atomic E-state index is 12.3. The number of sulfonamides is 1. The van der Waals surface area contributed by atoms with Gasteiger partial charge in [0.25, 0.3) is 5.69 Å². The molecular formula is C13H16N4O4S. The van der Waals surface area contributed by atoms with Crippen LogP contribution in [0.5, 0.6) is 0 Å². The van der Waals surface area contributed by atoms with Gasteiger partial charge in [-0.15, -0.1) is 0 Å². The second-order valence-electron chi connectivity index (χ2n) is 4.73. The molecule has 0 bridgehead atoms. The van der Waals surface area contributed by atoms with Gasteiger partial charge >= 0.3 is 0 Å². The molecule has 0 spiro atoms. The summed E-state index contributed by atoms with van der Waals surface area (Å²) in [4.78, 5) is 10.4. The Morgan fingerprint density at radius 1 is 1.32 bits per heavy atom. The van der Waals surface area contributed by atoms with Gasteiger partial charge in [0.15, 0.2) is 0 Å². The van der Waals surface area contributed by atoms with Crippen molar-refractivity contribution in [2.75, 3.05) is 13.6 Å². The highest BCUT2D eigenvalue weighted by molar-refractivity contribution is 7.88. The Kier molecular flexibility index (Phi) is 4.88. The fraction of sp³-hybridized carbons (Fsp3) is 0.308. The molecule has 0 aliphatic rings. The van der Waals surface area contributed by atoms with Crippen LogP contribution in [-0.2, 0) is 22.3 Å². The topological polar surface area (TPSA) is 98.3 Å². The fourth-order valence-electron chi connectivity index (χ4n) is 1.93. The molecule has 0 atom stereocenters. The van der Waals surface area contributed by atoms with Crippen LogP contribution in [0.3, 0.4) is 0 Å². The van der Waals surface area contributed by atoms with Crippen LogP contribution in [0.2, 0.25) is 0 Å². The molecule has 0 aliphatic heterocycles. The van der Waals surface area contributed by atoms with Crippen LogP contribution in [0.1, 0.15) is 5.56 Å². The summed E-state index contributed by atoms with van der Waals surface area (Å²) in [5.41, 5.74) is -0.00927. The molecule has 2 aromatic rings. The highest BCUT2D eigenvalue weighted by Gasteiger charge is 2.23. The Bertz CT molecular complexity index is 743. The summed E-state index contributed by atoms with van der Waals surface area (Å²) in [7, 11) is -2.18. The highest BCUT2D eigenvalue weighted by atomic mass is 32.2. The minimum absolute atomic E-state index is 0.179. The number of hydrogen-bond acceptors (Lipinski definition) is 5. The van der Waals surface area contributed by atoms with Crippen molar-refractivity contribution in [2.24, 2.45) is 0 Å². The third kappa shape index (κ3) is 3.89. The van der Waals surface area contributed by atoms with E-state index in [2.05, 4.69) is 5.10 Å². The predicted molar refractivity (Wildman–Crippen MR) is 80.6 cm³/mol. The van der Waals surface area contributed by atoms with Crippen molar-refractivity contribution in [3.63, 3.8) is 0 Å². The maximum absolute atomic E-state index is 12.3. The first-order chi connectivity index (χ1) is 10.4. The van der Waals surface area contributed by atoms with Gasteiger partial charge in [-0.2, -0.15) is 5.10 Å². The Morgan fingerprint density at radius 2 is 2.05 bits per heavy atom. The first kappa shape index (κ1) is 16.1. The lowest BCUT2D eigenvalue weighted by Crippen LogP contribution is -2.31. The van der Waals surface area contributed by atoms with E-state index in [9.17, 15) is 18.5 Å². The summed E-state index contributed by atoms with van der Waals surface area (Å²) in [6.45, 7) is 0.657. The number of para-hydroxylation sites is 1. The minimum Gasteiger partial charge on any atom is -0.271 e. The van der Waals surface area contributed by atoms with E-state index in [-0.39, 0.29) is 17.8 Å². The van der Waals surface area contributed by atoms with E-state index < -0.39 is 20.7 Å². The molecule has 1 aromatic heterocycles. The van der Waals surface area contributed by atoms with E-state index in [1.165, 1.54) is 29.6 Å². The number of likely N-dealkylation sites (N-methyl/N-ethyl adjacent to an activating group) is 1. The monoisotopic (exact) mass is 324 g/mol. The number of rotatable bonds is 7. The van der Waals surface area contributed by atoms with E-state index in [1.54, 1.807) is 29.2 Å². The van der Waals surface area contributed by atoms with Gasteiger partial charge in [0, 0.05) is 37.6 Å². The zero-order valence-electron chi connectivity index (χ0n) is 12.0. The van der Waals surface area contributed by atoms with Gasteiger partial charge in [-0.05, 0) is 6.07 Å². The number of aromatic nitrogens is 2. The molecule has 1 heterocycles. The Hall–Kier alpha value is -2.26. The highest BCUT2D eigenvalue weighted by Crippen LogP contribution is 2.21. The first-order valence-electron chi connectivity index (χ1n) is 6.54. The lowest BCUT2D eigenvalue weighted by molar-refractivity contribution is -0.385. The average Bonchev–Trinajstić information content (AvgIpc) is 2.97. The van der Waals surface area contributed by atoms with E-state index in [0.717, 1.165) is 0 Å². The van der Waals surface area contributed by atoms with Gasteiger partial charge in [0.1, 0.15) is 0 Å². The zero-order valence-corrected chi connectivity index (χ0v) is 12.8. The fourth-order valence-corrected chi connectivity index (χ4v) is 3.15. The van der Waals surface area contributed by atoms with Gasteiger partial charge in [0.05, 0.1) is 17.2 Å². The van der Waals surface area contributed by atoms with Crippen molar-refractivity contribution in [3.05, 3.63) is 58.4 Å². The Morgan fingerprint density at radius 3 is 2.68 bits per heavy atom. The Balaban J connectivity index is 2.08. The van der Waals surface area contributed by atoms with Crippen molar-refractivity contribution in [1.29, 1.82) is 0 Å². The predicted octanol–water partition coefficient (Wildman–Crippen LogP) is 1.25. The number of nitrogens with zero attached hydrogens (tertiary/aromatic N) is 4. The summed E-state index contributed by atoms with van der Waals surface area (Å²) in [6, 6.07) is 7.60. The van der Waals surface area contributed by atoms with E-state index in [0.29, 0.717) is 6.54 Å². The van der Waals surface area contributed by atoms with Crippen molar-refractivity contribution < 1.29 is 13.3 Å². The lowest BCUT2D eigenvalue weighted by Gasteiger charge is -2.17. The molecule has 9 heteroatoms. The summed E-state index contributed by atoms with van der Waals surface area (Å²) in [5.74, 6) is -0.403. The van der Waals surface area contributed by atoms with Crippen LogP contribution >= 0.6 is 0 Å². The van der Waals surface area contributed by atoms with Crippen LogP contribution in [0, 0.1) is 10.1 Å². The van der Waals surface area contributed by atoms with E-state index in [4.69, 9.17) is 0 Å². The molecular weight excluding hydrogens is 308 g/mol. The van der Waals surface area contributed by atoms with Gasteiger partial charge in [-0.1, -0.05) is 18.2 Å². The SMILES string of the molecule is CN(CCn1cccn1)S(=O)(=O)Cc1ccccc1[N+](=O)[O-]. The van der Waals surface area contributed by atoms with Crippen LogP contribution in [0.4, 0.5) is 5.69 Å². The molecule has 118 valence electrons. The second-order valence-corrected chi connectivity index (χ2v) is 6.81. The second kappa shape index (κ2) is 6.67. The third-order valence-corrected chi connectivity index (χ3v) is 5.01. The molecule has 1 aromatic carbocycles. The van der Waals surface area contributed by atoms with Crippen LogP contribution in [0.15, 0.2) is 42.7 Å². The smallest absolute Gasteiger partial charge is 0.271 e. The number of benzene rings is 1. The molecule has 0 fully saturated rings. The molecule has 0 aliphatic carbocycles. The van der Waals surface area contributed by atoms with Gasteiger partial charge in [-0.25, -0.2) is 12.7 Å². The summed E-state index contributed by atoms with van der Waals surface area (Å²) in [5, 5.41) is 14.9. The third-order valence-electron chi connectivity index (χ3n) is 3.20. The van der Waals surface area contributed by atoms with Crippen LogP contribution < -0.4 is 0 Å². The average molecular weight is 324 g/mol. The van der Waals surface area contributed by atoms with Gasteiger partial charge in [-0.3, -0.25) is 14.8 Å². The molecule has 0 saturated heterocycles. The molecule has 0 radical (unpaired) electrons. The van der Waals surface area contributed by atoms with Crippen LogP contribution in [-0.4, -0.2) is 41.0 Å². The number of nitro groups is 1. The molecule has 8 nitrogen and oxygen atoms in total. The largest absolute Gasteiger partial charge is 0.273 e. The molecule has 22 heavy (non-hydrogen) atoms. The summed E-state index contributed by atoms with van der Waals surface area (Å²) < 4.78 is 27.4. The normalized spacial score (nSPS) is 11.7. The van der Waals surface area contributed by atoms with Crippen molar-refractivity contribution >= 4 is 15.7 Å².